The van der Waals surface area contributed by atoms with Crippen LogP contribution in [0.4, 0.5) is 8.78 Å². The lowest BCUT2D eigenvalue weighted by Gasteiger charge is -2.22. The Kier molecular flexibility index (Phi) is 2.59. The number of halogens is 2. The number of carbonyl (C=O) groups excluding carboxylic acids is 1. The molecule has 0 bridgehead atoms. The van der Waals surface area contributed by atoms with E-state index in [-0.39, 0.29) is 0 Å². The van der Waals surface area contributed by atoms with Gasteiger partial charge in [0, 0.05) is 6.42 Å². The van der Waals surface area contributed by atoms with E-state index in [1.807, 2.05) is 0 Å². The molecule has 1 amide bonds. The standard InChI is InChI=1S/C7H13F2NO/c1-6(2,3)4-7(8,9)5(10)11/h4H2,1-3H3,(H2,10,11). The van der Waals surface area contributed by atoms with Crippen LogP contribution in [0.2, 0.25) is 0 Å². The summed E-state index contributed by atoms with van der Waals surface area (Å²) >= 11 is 0. The summed E-state index contributed by atoms with van der Waals surface area (Å²) < 4.78 is 25.1. The van der Waals surface area contributed by atoms with Crippen molar-refractivity contribution in [2.24, 2.45) is 11.1 Å². The van der Waals surface area contributed by atoms with E-state index in [1.54, 1.807) is 20.8 Å². The summed E-state index contributed by atoms with van der Waals surface area (Å²) in [5.41, 5.74) is 3.90. The van der Waals surface area contributed by atoms with E-state index in [0.717, 1.165) is 0 Å². The molecule has 0 aliphatic heterocycles. The molecule has 0 unspecified atom stereocenters. The molecular formula is C7H13F2NO. The fourth-order valence-electron chi connectivity index (χ4n) is 0.753. The van der Waals surface area contributed by atoms with Crippen LogP contribution in [-0.2, 0) is 4.79 Å². The minimum absolute atomic E-state index is 0.505. The van der Waals surface area contributed by atoms with Gasteiger partial charge in [-0.25, -0.2) is 0 Å². The third kappa shape index (κ3) is 3.91. The van der Waals surface area contributed by atoms with E-state index in [2.05, 4.69) is 5.73 Å². The summed E-state index contributed by atoms with van der Waals surface area (Å²) in [6.07, 6.45) is -0.505. The molecular weight excluding hydrogens is 152 g/mol. The Morgan fingerprint density at radius 1 is 1.36 bits per heavy atom. The molecule has 2 N–H and O–H groups in total. The van der Waals surface area contributed by atoms with Crippen LogP contribution in [0, 0.1) is 5.41 Å². The highest BCUT2D eigenvalue weighted by molar-refractivity contribution is 5.81. The number of primary amides is 1. The molecule has 0 saturated carbocycles. The zero-order valence-corrected chi connectivity index (χ0v) is 6.95. The van der Waals surface area contributed by atoms with Crippen molar-refractivity contribution in [3.05, 3.63) is 0 Å². The third-order valence-corrected chi connectivity index (χ3v) is 1.11. The Morgan fingerprint density at radius 3 is 1.82 bits per heavy atom. The fraction of sp³-hybridized carbons (Fsp3) is 0.857. The molecule has 11 heavy (non-hydrogen) atoms. The number of amides is 1. The second kappa shape index (κ2) is 2.75. The highest BCUT2D eigenvalue weighted by Crippen LogP contribution is 2.30. The maximum absolute atomic E-state index is 12.6. The van der Waals surface area contributed by atoms with Crippen molar-refractivity contribution in [3.63, 3.8) is 0 Å². The Hall–Kier alpha value is -0.670. The normalized spacial score (nSPS) is 13.2. The monoisotopic (exact) mass is 165 g/mol. The zero-order chi connectivity index (χ0) is 9.28. The van der Waals surface area contributed by atoms with Crippen molar-refractivity contribution in [3.8, 4) is 0 Å². The smallest absolute Gasteiger partial charge is 0.324 e. The molecule has 0 aromatic rings. The summed E-state index contributed by atoms with van der Waals surface area (Å²) in [6, 6.07) is 0. The first kappa shape index (κ1) is 10.3. The number of hydrogen-bond donors (Lipinski definition) is 1. The minimum atomic E-state index is -3.38. The first-order valence-electron chi connectivity index (χ1n) is 3.33. The number of nitrogens with two attached hydrogens (primary N) is 1. The fourth-order valence-corrected chi connectivity index (χ4v) is 0.753. The number of carbonyl (C=O) groups is 1. The van der Waals surface area contributed by atoms with E-state index < -0.39 is 23.7 Å². The summed E-state index contributed by atoms with van der Waals surface area (Å²) in [5, 5.41) is 0. The zero-order valence-electron chi connectivity index (χ0n) is 6.95. The van der Waals surface area contributed by atoms with Crippen LogP contribution in [0.1, 0.15) is 27.2 Å². The summed E-state index contributed by atoms with van der Waals surface area (Å²) in [6.45, 7) is 4.89. The Morgan fingerprint density at radius 2 is 1.73 bits per heavy atom. The topological polar surface area (TPSA) is 43.1 Å². The van der Waals surface area contributed by atoms with Crippen LogP contribution in [0.3, 0.4) is 0 Å². The largest absolute Gasteiger partial charge is 0.364 e. The van der Waals surface area contributed by atoms with Gasteiger partial charge in [-0.05, 0) is 5.41 Å². The molecule has 0 saturated heterocycles. The Labute approximate surface area is 64.8 Å². The van der Waals surface area contributed by atoms with Crippen molar-refractivity contribution < 1.29 is 13.6 Å². The molecule has 0 heterocycles. The maximum atomic E-state index is 12.6. The van der Waals surface area contributed by atoms with Gasteiger partial charge in [-0.2, -0.15) is 8.78 Å². The van der Waals surface area contributed by atoms with E-state index in [9.17, 15) is 13.6 Å². The quantitative estimate of drug-likeness (QED) is 0.662. The van der Waals surface area contributed by atoms with Crippen LogP contribution in [0.25, 0.3) is 0 Å². The van der Waals surface area contributed by atoms with E-state index in [0.29, 0.717) is 0 Å². The lowest BCUT2D eigenvalue weighted by Crippen LogP contribution is -2.38. The minimum Gasteiger partial charge on any atom is -0.364 e. The maximum Gasteiger partial charge on any atom is 0.324 e. The van der Waals surface area contributed by atoms with Crippen molar-refractivity contribution in [2.45, 2.75) is 33.1 Å². The van der Waals surface area contributed by atoms with E-state index >= 15 is 0 Å². The number of rotatable bonds is 2. The highest BCUT2D eigenvalue weighted by atomic mass is 19.3. The molecule has 2 nitrogen and oxygen atoms in total. The predicted octanol–water partition coefficient (Wildman–Crippen LogP) is 1.54. The van der Waals surface area contributed by atoms with Crippen LogP contribution in [0.5, 0.6) is 0 Å². The SMILES string of the molecule is CC(C)(C)CC(F)(F)C(N)=O. The van der Waals surface area contributed by atoms with Crippen molar-refractivity contribution in [1.82, 2.24) is 0 Å². The second-order valence-corrected chi connectivity index (χ2v) is 3.81. The summed E-state index contributed by atoms with van der Waals surface area (Å²) in [4.78, 5) is 10.2. The van der Waals surface area contributed by atoms with Crippen LogP contribution < -0.4 is 5.73 Å². The summed E-state index contributed by atoms with van der Waals surface area (Å²) in [5.74, 6) is -4.93. The van der Waals surface area contributed by atoms with Crippen molar-refractivity contribution in [1.29, 1.82) is 0 Å². The van der Waals surface area contributed by atoms with Gasteiger partial charge in [-0.1, -0.05) is 20.8 Å². The molecule has 0 aromatic heterocycles. The lowest BCUT2D eigenvalue weighted by molar-refractivity contribution is -0.145. The average molecular weight is 165 g/mol. The molecule has 0 aliphatic carbocycles. The van der Waals surface area contributed by atoms with Gasteiger partial charge in [0.2, 0.25) is 0 Å². The molecule has 0 atom stereocenters. The molecule has 0 fully saturated rings. The molecule has 0 rings (SSSR count). The molecule has 66 valence electrons. The molecule has 4 heteroatoms. The van der Waals surface area contributed by atoms with Crippen LogP contribution in [0.15, 0.2) is 0 Å². The molecule has 0 radical (unpaired) electrons. The Balaban J connectivity index is 4.25. The van der Waals surface area contributed by atoms with Gasteiger partial charge in [0.25, 0.3) is 5.91 Å². The number of hydrogen-bond acceptors (Lipinski definition) is 1. The average Bonchev–Trinajstić information content (AvgIpc) is 1.56. The van der Waals surface area contributed by atoms with Crippen LogP contribution in [-0.4, -0.2) is 11.8 Å². The Bertz CT molecular complexity index is 160. The first-order chi connectivity index (χ1) is 4.65. The highest BCUT2D eigenvalue weighted by Gasteiger charge is 2.40. The van der Waals surface area contributed by atoms with Crippen LogP contribution >= 0.6 is 0 Å². The second-order valence-electron chi connectivity index (χ2n) is 3.81. The molecule has 0 aliphatic rings. The van der Waals surface area contributed by atoms with Gasteiger partial charge in [0.05, 0.1) is 0 Å². The van der Waals surface area contributed by atoms with Gasteiger partial charge >= 0.3 is 5.92 Å². The van der Waals surface area contributed by atoms with Crippen molar-refractivity contribution >= 4 is 5.91 Å². The first-order valence-corrected chi connectivity index (χ1v) is 3.33. The van der Waals surface area contributed by atoms with Gasteiger partial charge in [0.15, 0.2) is 0 Å². The van der Waals surface area contributed by atoms with Gasteiger partial charge in [-0.3, -0.25) is 4.79 Å². The van der Waals surface area contributed by atoms with Gasteiger partial charge in [-0.15, -0.1) is 0 Å². The third-order valence-electron chi connectivity index (χ3n) is 1.11. The molecule has 0 aromatic carbocycles. The molecule has 0 spiro atoms. The van der Waals surface area contributed by atoms with E-state index in [4.69, 9.17) is 0 Å². The number of alkyl halides is 2. The lowest BCUT2D eigenvalue weighted by atomic mass is 9.88. The van der Waals surface area contributed by atoms with Gasteiger partial charge in [0.1, 0.15) is 0 Å². The van der Waals surface area contributed by atoms with E-state index in [1.165, 1.54) is 0 Å². The van der Waals surface area contributed by atoms with Crippen molar-refractivity contribution in [2.75, 3.05) is 0 Å². The van der Waals surface area contributed by atoms with Gasteiger partial charge < -0.3 is 5.73 Å². The predicted molar refractivity (Wildman–Crippen MR) is 38.2 cm³/mol. The summed E-state index contributed by atoms with van der Waals surface area (Å²) in [7, 11) is 0.